The number of amides is 1. The molecule has 1 aromatic carbocycles. The lowest BCUT2D eigenvalue weighted by atomic mass is 10.3. The van der Waals surface area contributed by atoms with Crippen LogP contribution in [0.25, 0.3) is 15.9 Å². The number of carbonyl (C=O) groups is 1. The maximum Gasteiger partial charge on any atom is 0.264 e. The SMILES string of the molecule is CCN1CCCN(C(=O)c2cc3c(C)nn(-c4ccccc4)c3s2)CC1. The molecular formula is C20H24N4OS. The molecule has 1 amide bonds. The number of nitrogens with zero attached hydrogens (tertiary/aromatic N) is 4. The van der Waals surface area contributed by atoms with Crippen molar-refractivity contribution in [2.75, 3.05) is 32.7 Å². The second kappa shape index (κ2) is 7.21. The Labute approximate surface area is 157 Å². The van der Waals surface area contributed by atoms with Gasteiger partial charge in [-0.3, -0.25) is 4.79 Å². The smallest absolute Gasteiger partial charge is 0.264 e. The molecular weight excluding hydrogens is 344 g/mol. The van der Waals surface area contributed by atoms with Crippen molar-refractivity contribution in [3.8, 4) is 5.69 Å². The number of likely N-dealkylation sites (N-methyl/N-ethyl adjacent to an activating group) is 1. The minimum atomic E-state index is 0.156. The fourth-order valence-corrected chi connectivity index (χ4v) is 4.69. The molecule has 0 N–H and O–H groups in total. The molecule has 0 aliphatic carbocycles. The second-order valence-electron chi connectivity index (χ2n) is 6.74. The van der Waals surface area contributed by atoms with E-state index in [2.05, 4.69) is 16.9 Å². The van der Waals surface area contributed by atoms with Gasteiger partial charge in [0.05, 0.1) is 16.3 Å². The third-order valence-corrected chi connectivity index (χ3v) is 6.18. The molecule has 0 unspecified atom stereocenters. The maximum absolute atomic E-state index is 13.1. The number of benzene rings is 1. The number of thiophene rings is 1. The predicted molar refractivity (Wildman–Crippen MR) is 106 cm³/mol. The highest BCUT2D eigenvalue weighted by Gasteiger charge is 2.23. The summed E-state index contributed by atoms with van der Waals surface area (Å²) >= 11 is 1.55. The first-order valence-corrected chi connectivity index (χ1v) is 10.0. The van der Waals surface area contributed by atoms with Crippen LogP contribution < -0.4 is 0 Å². The van der Waals surface area contributed by atoms with Crippen molar-refractivity contribution in [1.82, 2.24) is 19.6 Å². The first-order chi connectivity index (χ1) is 12.7. The van der Waals surface area contributed by atoms with Crippen LogP contribution >= 0.6 is 11.3 Å². The van der Waals surface area contributed by atoms with Gasteiger partial charge in [0.15, 0.2) is 0 Å². The number of fused-ring (bicyclic) bond motifs is 1. The van der Waals surface area contributed by atoms with Crippen molar-refractivity contribution in [2.45, 2.75) is 20.3 Å². The summed E-state index contributed by atoms with van der Waals surface area (Å²) in [4.78, 5) is 19.3. The molecule has 0 atom stereocenters. The Morgan fingerprint density at radius 3 is 2.73 bits per heavy atom. The summed E-state index contributed by atoms with van der Waals surface area (Å²) in [6, 6.07) is 12.1. The third-order valence-electron chi connectivity index (χ3n) is 5.08. The van der Waals surface area contributed by atoms with E-state index in [1.165, 1.54) is 0 Å². The molecule has 0 saturated carbocycles. The number of para-hydroxylation sites is 1. The average Bonchev–Trinajstić information content (AvgIpc) is 3.13. The van der Waals surface area contributed by atoms with E-state index in [0.717, 1.165) is 65.6 Å². The van der Waals surface area contributed by atoms with Crippen LogP contribution in [0.3, 0.4) is 0 Å². The van der Waals surface area contributed by atoms with Crippen molar-refractivity contribution in [1.29, 1.82) is 0 Å². The molecule has 6 heteroatoms. The summed E-state index contributed by atoms with van der Waals surface area (Å²) in [5.41, 5.74) is 1.99. The van der Waals surface area contributed by atoms with Gasteiger partial charge in [-0.05, 0) is 44.6 Å². The first-order valence-electron chi connectivity index (χ1n) is 9.23. The van der Waals surface area contributed by atoms with Gasteiger partial charge in [-0.2, -0.15) is 5.10 Å². The Hall–Kier alpha value is -2.18. The topological polar surface area (TPSA) is 41.4 Å². The standard InChI is InChI=1S/C20H24N4OS/c1-3-22-10-7-11-23(13-12-22)19(25)18-14-17-15(2)21-24(20(17)26-18)16-8-5-4-6-9-16/h4-6,8-9,14H,3,7,10-13H2,1-2H3. The first kappa shape index (κ1) is 17.2. The highest BCUT2D eigenvalue weighted by Crippen LogP contribution is 2.31. The number of carbonyl (C=O) groups excluding carboxylic acids is 1. The minimum Gasteiger partial charge on any atom is -0.337 e. The summed E-state index contributed by atoms with van der Waals surface area (Å²) in [6.07, 6.45) is 1.04. The summed E-state index contributed by atoms with van der Waals surface area (Å²) in [5.74, 6) is 0.156. The summed E-state index contributed by atoms with van der Waals surface area (Å²) < 4.78 is 1.95. The van der Waals surface area contributed by atoms with Gasteiger partial charge in [0, 0.05) is 25.0 Å². The van der Waals surface area contributed by atoms with E-state index in [0.29, 0.717) is 0 Å². The van der Waals surface area contributed by atoms with Gasteiger partial charge in [0.1, 0.15) is 4.83 Å². The molecule has 4 rings (SSSR count). The fourth-order valence-electron chi connectivity index (χ4n) is 3.54. The third kappa shape index (κ3) is 3.15. The van der Waals surface area contributed by atoms with Crippen LogP contribution in [0, 0.1) is 6.92 Å². The van der Waals surface area contributed by atoms with Gasteiger partial charge in [0.25, 0.3) is 5.91 Å². The average molecular weight is 369 g/mol. The Bertz CT molecular complexity index is 915. The summed E-state index contributed by atoms with van der Waals surface area (Å²) in [6.45, 7) is 8.93. The van der Waals surface area contributed by atoms with Crippen molar-refractivity contribution in [3.63, 3.8) is 0 Å². The number of hydrogen-bond donors (Lipinski definition) is 0. The number of aryl methyl sites for hydroxylation is 1. The lowest BCUT2D eigenvalue weighted by molar-refractivity contribution is 0.0766. The van der Waals surface area contributed by atoms with Crippen LogP contribution in [0.15, 0.2) is 36.4 Å². The molecule has 1 fully saturated rings. The molecule has 2 aromatic heterocycles. The van der Waals surface area contributed by atoms with Crippen molar-refractivity contribution < 1.29 is 4.79 Å². The Balaban J connectivity index is 1.64. The van der Waals surface area contributed by atoms with Crippen LogP contribution in [0.4, 0.5) is 0 Å². The second-order valence-corrected chi connectivity index (χ2v) is 7.77. The van der Waals surface area contributed by atoms with Crippen LogP contribution in [0.2, 0.25) is 0 Å². The molecule has 3 aromatic rings. The van der Waals surface area contributed by atoms with Crippen LogP contribution in [-0.2, 0) is 0 Å². The minimum absolute atomic E-state index is 0.156. The quantitative estimate of drug-likeness (QED) is 0.710. The zero-order valence-corrected chi connectivity index (χ0v) is 16.1. The van der Waals surface area contributed by atoms with E-state index in [4.69, 9.17) is 0 Å². The molecule has 1 aliphatic heterocycles. The fraction of sp³-hybridized carbons (Fsp3) is 0.400. The van der Waals surface area contributed by atoms with Gasteiger partial charge in [0.2, 0.25) is 0 Å². The van der Waals surface area contributed by atoms with E-state index in [-0.39, 0.29) is 5.91 Å². The van der Waals surface area contributed by atoms with E-state index in [1.807, 2.05) is 52.9 Å². The van der Waals surface area contributed by atoms with E-state index < -0.39 is 0 Å². The summed E-state index contributed by atoms with van der Waals surface area (Å²) in [5, 5.41) is 5.74. The van der Waals surface area contributed by atoms with Crippen molar-refractivity contribution in [2.24, 2.45) is 0 Å². The molecule has 0 bridgehead atoms. The molecule has 0 radical (unpaired) electrons. The van der Waals surface area contributed by atoms with E-state index >= 15 is 0 Å². The Kier molecular flexibility index (Phi) is 4.78. The van der Waals surface area contributed by atoms with Crippen LogP contribution in [0.5, 0.6) is 0 Å². The molecule has 1 saturated heterocycles. The predicted octanol–water partition coefficient (Wildman–Crippen LogP) is 3.56. The van der Waals surface area contributed by atoms with Gasteiger partial charge in [-0.1, -0.05) is 25.1 Å². The van der Waals surface area contributed by atoms with Crippen molar-refractivity contribution in [3.05, 3.63) is 47.0 Å². The molecule has 136 valence electrons. The summed E-state index contributed by atoms with van der Waals surface area (Å²) in [7, 11) is 0. The highest BCUT2D eigenvalue weighted by molar-refractivity contribution is 7.20. The lowest BCUT2D eigenvalue weighted by Gasteiger charge is -2.20. The molecule has 5 nitrogen and oxygen atoms in total. The monoisotopic (exact) mass is 368 g/mol. The highest BCUT2D eigenvalue weighted by atomic mass is 32.1. The number of rotatable bonds is 3. The van der Waals surface area contributed by atoms with Gasteiger partial charge in [-0.15, -0.1) is 11.3 Å². The van der Waals surface area contributed by atoms with Gasteiger partial charge >= 0.3 is 0 Å². The van der Waals surface area contributed by atoms with Crippen LogP contribution in [0.1, 0.15) is 28.7 Å². The zero-order valence-electron chi connectivity index (χ0n) is 15.3. The van der Waals surface area contributed by atoms with E-state index in [9.17, 15) is 4.79 Å². The largest absolute Gasteiger partial charge is 0.337 e. The number of aromatic nitrogens is 2. The lowest BCUT2D eigenvalue weighted by Crippen LogP contribution is -2.34. The molecule has 1 aliphatic rings. The molecule has 26 heavy (non-hydrogen) atoms. The Morgan fingerprint density at radius 1 is 1.15 bits per heavy atom. The number of hydrogen-bond acceptors (Lipinski definition) is 4. The maximum atomic E-state index is 13.1. The normalized spacial score (nSPS) is 16.2. The zero-order chi connectivity index (χ0) is 18.1. The van der Waals surface area contributed by atoms with Crippen molar-refractivity contribution >= 4 is 27.5 Å². The van der Waals surface area contributed by atoms with Gasteiger partial charge < -0.3 is 9.80 Å². The Morgan fingerprint density at radius 2 is 1.96 bits per heavy atom. The molecule has 0 spiro atoms. The molecule has 3 heterocycles. The van der Waals surface area contributed by atoms with Gasteiger partial charge in [-0.25, -0.2) is 4.68 Å². The van der Waals surface area contributed by atoms with Crippen LogP contribution in [-0.4, -0.2) is 58.2 Å². The van der Waals surface area contributed by atoms with E-state index in [1.54, 1.807) is 11.3 Å².